The Balaban J connectivity index is 1.84. The van der Waals surface area contributed by atoms with E-state index in [-0.39, 0.29) is 0 Å². The summed E-state index contributed by atoms with van der Waals surface area (Å²) in [5.74, 6) is 1.83. The maximum absolute atomic E-state index is 6.39. The molecule has 1 aromatic carbocycles. The highest BCUT2D eigenvalue weighted by Crippen LogP contribution is 2.63. The smallest absolute Gasteiger partial charge is 0.119 e. The van der Waals surface area contributed by atoms with Crippen LogP contribution in [0.5, 0.6) is 5.75 Å². The Labute approximate surface area is 116 Å². The van der Waals surface area contributed by atoms with Crippen LogP contribution in [0.4, 0.5) is 0 Å². The van der Waals surface area contributed by atoms with Gasteiger partial charge in [-0.3, -0.25) is 0 Å². The first-order valence-electron chi connectivity index (χ1n) is 7.35. The topological polar surface area (TPSA) is 9.23 Å². The lowest BCUT2D eigenvalue weighted by molar-refractivity contribution is -0.0143. The van der Waals surface area contributed by atoms with Crippen LogP contribution < -0.4 is 4.74 Å². The molecular formula is C18H24O. The Morgan fingerprint density at radius 2 is 1.89 bits per heavy atom. The summed E-state index contributed by atoms with van der Waals surface area (Å²) >= 11 is 0. The SMILES string of the molecule is C=Cc1ccc(OC2C3(C)CCC(C3)C2(C)C)cc1. The lowest BCUT2D eigenvalue weighted by Crippen LogP contribution is -2.44. The minimum absolute atomic E-state index is 0.296. The van der Waals surface area contributed by atoms with Gasteiger partial charge in [-0.1, -0.05) is 45.6 Å². The van der Waals surface area contributed by atoms with E-state index in [0.717, 1.165) is 17.2 Å². The lowest BCUT2D eigenvalue weighted by Gasteiger charge is -2.42. The van der Waals surface area contributed by atoms with Crippen molar-refractivity contribution in [2.75, 3.05) is 0 Å². The molecule has 0 radical (unpaired) electrons. The molecule has 2 fully saturated rings. The van der Waals surface area contributed by atoms with E-state index in [1.54, 1.807) is 0 Å². The molecule has 0 heterocycles. The maximum Gasteiger partial charge on any atom is 0.119 e. The molecule has 1 heteroatoms. The first kappa shape index (κ1) is 12.8. The Bertz CT molecular complexity index is 480. The van der Waals surface area contributed by atoms with Gasteiger partial charge < -0.3 is 4.74 Å². The lowest BCUT2D eigenvalue weighted by atomic mass is 9.70. The predicted octanol–water partition coefficient (Wildman–Crippen LogP) is 4.92. The van der Waals surface area contributed by atoms with Crippen LogP contribution >= 0.6 is 0 Å². The molecule has 3 rings (SSSR count). The zero-order valence-electron chi connectivity index (χ0n) is 12.3. The van der Waals surface area contributed by atoms with Crippen LogP contribution in [-0.4, -0.2) is 6.10 Å². The number of ether oxygens (including phenoxy) is 1. The number of fused-ring (bicyclic) bond motifs is 2. The Hall–Kier alpha value is -1.24. The molecule has 2 aliphatic carbocycles. The Kier molecular flexibility index (Phi) is 2.78. The summed E-state index contributed by atoms with van der Waals surface area (Å²) < 4.78 is 6.39. The van der Waals surface area contributed by atoms with Crippen LogP contribution in [-0.2, 0) is 0 Å². The molecule has 1 aromatic rings. The zero-order chi connectivity index (χ0) is 13.7. The second-order valence-corrected chi connectivity index (χ2v) is 7.19. The number of hydrogen-bond donors (Lipinski definition) is 0. The van der Waals surface area contributed by atoms with E-state index in [0.29, 0.717) is 16.9 Å². The van der Waals surface area contributed by atoms with E-state index in [2.05, 4.69) is 51.6 Å². The molecular weight excluding hydrogens is 232 g/mol. The van der Waals surface area contributed by atoms with Crippen molar-refractivity contribution < 1.29 is 4.74 Å². The standard InChI is InChI=1S/C18H24O/c1-5-13-6-8-15(9-7-13)19-16-17(2,3)14-10-11-18(16,4)12-14/h5-9,14,16H,1,10-12H2,2-4H3. The fraction of sp³-hybridized carbons (Fsp3) is 0.556. The second-order valence-electron chi connectivity index (χ2n) is 7.19. The van der Waals surface area contributed by atoms with Gasteiger partial charge in [-0.05, 0) is 42.9 Å². The van der Waals surface area contributed by atoms with E-state index < -0.39 is 0 Å². The summed E-state index contributed by atoms with van der Waals surface area (Å²) in [6, 6.07) is 8.29. The van der Waals surface area contributed by atoms with Gasteiger partial charge in [0.25, 0.3) is 0 Å². The molecule has 0 aromatic heterocycles. The van der Waals surface area contributed by atoms with Gasteiger partial charge in [0.15, 0.2) is 0 Å². The number of benzene rings is 1. The highest BCUT2D eigenvalue weighted by atomic mass is 16.5. The van der Waals surface area contributed by atoms with Crippen molar-refractivity contribution >= 4 is 6.08 Å². The summed E-state index contributed by atoms with van der Waals surface area (Å²) in [6.45, 7) is 11.0. The first-order chi connectivity index (χ1) is 8.95. The molecule has 0 spiro atoms. The van der Waals surface area contributed by atoms with Gasteiger partial charge in [0, 0.05) is 10.8 Å². The molecule has 102 valence electrons. The third kappa shape index (κ3) is 1.91. The molecule has 19 heavy (non-hydrogen) atoms. The van der Waals surface area contributed by atoms with Crippen molar-refractivity contribution in [2.24, 2.45) is 16.7 Å². The van der Waals surface area contributed by atoms with Gasteiger partial charge in [-0.25, -0.2) is 0 Å². The average molecular weight is 256 g/mol. The van der Waals surface area contributed by atoms with Gasteiger partial charge >= 0.3 is 0 Å². The van der Waals surface area contributed by atoms with Crippen LogP contribution in [0, 0.1) is 16.7 Å². The summed E-state index contributed by atoms with van der Waals surface area (Å²) in [5, 5.41) is 0. The molecule has 2 aliphatic rings. The van der Waals surface area contributed by atoms with Gasteiger partial charge in [-0.2, -0.15) is 0 Å². The second kappa shape index (κ2) is 4.13. The summed E-state index contributed by atoms with van der Waals surface area (Å²) in [5.41, 5.74) is 1.81. The van der Waals surface area contributed by atoms with Crippen molar-refractivity contribution in [1.29, 1.82) is 0 Å². The van der Waals surface area contributed by atoms with E-state index in [4.69, 9.17) is 4.74 Å². The van der Waals surface area contributed by atoms with Gasteiger partial charge in [0.05, 0.1) is 0 Å². The monoisotopic (exact) mass is 256 g/mol. The van der Waals surface area contributed by atoms with Crippen molar-refractivity contribution in [3.63, 3.8) is 0 Å². The summed E-state index contributed by atoms with van der Waals surface area (Å²) in [4.78, 5) is 0. The fourth-order valence-electron chi connectivity index (χ4n) is 4.37. The molecule has 2 saturated carbocycles. The number of rotatable bonds is 3. The number of hydrogen-bond acceptors (Lipinski definition) is 1. The van der Waals surface area contributed by atoms with Crippen LogP contribution in [0.2, 0.25) is 0 Å². The van der Waals surface area contributed by atoms with Gasteiger partial charge in [0.1, 0.15) is 11.9 Å². The highest BCUT2D eigenvalue weighted by molar-refractivity contribution is 5.48. The van der Waals surface area contributed by atoms with Crippen molar-refractivity contribution in [3.8, 4) is 5.75 Å². The summed E-state index contributed by atoms with van der Waals surface area (Å²) in [7, 11) is 0. The maximum atomic E-state index is 6.39. The third-order valence-electron chi connectivity index (χ3n) is 5.51. The van der Waals surface area contributed by atoms with Crippen molar-refractivity contribution in [2.45, 2.75) is 46.1 Å². The van der Waals surface area contributed by atoms with Crippen LogP contribution in [0.1, 0.15) is 45.6 Å². The van der Waals surface area contributed by atoms with Crippen LogP contribution in [0.15, 0.2) is 30.8 Å². The first-order valence-corrected chi connectivity index (χ1v) is 7.35. The zero-order valence-corrected chi connectivity index (χ0v) is 12.3. The van der Waals surface area contributed by atoms with Crippen molar-refractivity contribution in [1.82, 2.24) is 0 Å². The third-order valence-corrected chi connectivity index (χ3v) is 5.51. The quantitative estimate of drug-likeness (QED) is 0.745. The Morgan fingerprint density at radius 1 is 1.21 bits per heavy atom. The Morgan fingerprint density at radius 3 is 2.42 bits per heavy atom. The van der Waals surface area contributed by atoms with Crippen LogP contribution in [0.3, 0.4) is 0 Å². The van der Waals surface area contributed by atoms with E-state index >= 15 is 0 Å². The summed E-state index contributed by atoms with van der Waals surface area (Å²) in [6.07, 6.45) is 6.23. The average Bonchev–Trinajstić information content (AvgIpc) is 2.87. The van der Waals surface area contributed by atoms with E-state index in [9.17, 15) is 0 Å². The highest BCUT2D eigenvalue weighted by Gasteiger charge is 2.60. The molecule has 3 atom stereocenters. The molecule has 0 aliphatic heterocycles. The fourth-order valence-corrected chi connectivity index (χ4v) is 4.37. The van der Waals surface area contributed by atoms with E-state index in [1.807, 2.05) is 6.08 Å². The van der Waals surface area contributed by atoms with Crippen LogP contribution in [0.25, 0.3) is 6.08 Å². The molecule has 2 bridgehead atoms. The van der Waals surface area contributed by atoms with Crippen molar-refractivity contribution in [3.05, 3.63) is 36.4 Å². The van der Waals surface area contributed by atoms with Gasteiger partial charge in [0.2, 0.25) is 0 Å². The predicted molar refractivity (Wildman–Crippen MR) is 80.2 cm³/mol. The largest absolute Gasteiger partial charge is 0.489 e. The molecule has 0 N–H and O–H groups in total. The van der Waals surface area contributed by atoms with Gasteiger partial charge in [-0.15, -0.1) is 0 Å². The molecule has 0 amide bonds. The minimum atomic E-state index is 0.296. The normalized spacial score (nSPS) is 35.3. The van der Waals surface area contributed by atoms with E-state index in [1.165, 1.54) is 19.3 Å². The molecule has 0 saturated heterocycles. The minimum Gasteiger partial charge on any atom is -0.489 e. The molecule has 1 nitrogen and oxygen atoms in total. The molecule has 3 unspecified atom stereocenters.